The Morgan fingerprint density at radius 2 is 2.25 bits per heavy atom. The van der Waals surface area contributed by atoms with Crippen LogP contribution in [0.2, 0.25) is 0 Å². The Bertz CT molecular complexity index is 108. The molecule has 8 heavy (non-hydrogen) atoms. The van der Waals surface area contributed by atoms with Gasteiger partial charge in [-0.2, -0.15) is 12.6 Å². The van der Waals surface area contributed by atoms with E-state index < -0.39 is 0 Å². The fourth-order valence-electron chi connectivity index (χ4n) is 0.330. The summed E-state index contributed by atoms with van der Waals surface area (Å²) in [4.78, 5) is 3.69. The average Bonchev–Trinajstić information content (AvgIpc) is 1.69. The Labute approximate surface area is 54.1 Å². The average molecular weight is 131 g/mol. The van der Waals surface area contributed by atoms with E-state index in [4.69, 9.17) is 5.53 Å². The second-order valence-electron chi connectivity index (χ2n) is 1.37. The van der Waals surface area contributed by atoms with Gasteiger partial charge in [-0.15, -0.1) is 5.11 Å². The third-order valence-electron chi connectivity index (χ3n) is 0.717. The standard InChI is InChI=1S/C4H9N3S/c1-3(8)4(6-2)7-5/h3,5,8H,1-2H3. The Kier molecular flexibility index (Phi) is 3.43. The maximum absolute atomic E-state index is 6.54. The minimum absolute atomic E-state index is 0.0301. The van der Waals surface area contributed by atoms with E-state index in [1.54, 1.807) is 7.05 Å². The molecule has 0 aromatic carbocycles. The lowest BCUT2D eigenvalue weighted by Crippen LogP contribution is -2.05. The van der Waals surface area contributed by atoms with Crippen LogP contribution in [-0.2, 0) is 0 Å². The SMILES string of the molecule is CN=C(N=N)C(C)S. The number of hydrogen-bond acceptors (Lipinski definition) is 3. The first-order chi connectivity index (χ1) is 3.72. The van der Waals surface area contributed by atoms with Gasteiger partial charge >= 0.3 is 0 Å². The quantitative estimate of drug-likeness (QED) is 0.234. The van der Waals surface area contributed by atoms with Gasteiger partial charge in [0, 0.05) is 7.05 Å². The highest BCUT2D eigenvalue weighted by atomic mass is 32.1. The van der Waals surface area contributed by atoms with Crippen molar-refractivity contribution in [3.63, 3.8) is 0 Å². The summed E-state index contributed by atoms with van der Waals surface area (Å²) in [5.41, 5.74) is 6.54. The van der Waals surface area contributed by atoms with Crippen molar-refractivity contribution in [2.45, 2.75) is 12.2 Å². The van der Waals surface area contributed by atoms with Crippen LogP contribution in [0.3, 0.4) is 0 Å². The van der Waals surface area contributed by atoms with Gasteiger partial charge in [-0.25, -0.2) is 5.53 Å². The first-order valence-corrected chi connectivity index (χ1v) is 2.76. The van der Waals surface area contributed by atoms with Crippen molar-refractivity contribution in [2.75, 3.05) is 7.05 Å². The van der Waals surface area contributed by atoms with Gasteiger partial charge in [-0.05, 0) is 6.92 Å². The van der Waals surface area contributed by atoms with E-state index in [0.717, 1.165) is 0 Å². The molecule has 0 spiro atoms. The van der Waals surface area contributed by atoms with Crippen LogP contribution in [0.1, 0.15) is 6.92 Å². The number of nitrogens with one attached hydrogen (secondary N) is 1. The molecular weight excluding hydrogens is 122 g/mol. The van der Waals surface area contributed by atoms with Gasteiger partial charge in [-0.3, -0.25) is 4.99 Å². The van der Waals surface area contributed by atoms with Crippen LogP contribution in [0.4, 0.5) is 0 Å². The Balaban J connectivity index is 3.91. The number of thiol groups is 1. The van der Waals surface area contributed by atoms with Crippen molar-refractivity contribution >= 4 is 18.5 Å². The molecule has 3 nitrogen and oxygen atoms in total. The van der Waals surface area contributed by atoms with Crippen LogP contribution in [-0.4, -0.2) is 18.1 Å². The van der Waals surface area contributed by atoms with Crippen LogP contribution in [0, 0.1) is 5.53 Å². The Morgan fingerprint density at radius 1 is 1.75 bits per heavy atom. The number of hydrogen-bond donors (Lipinski definition) is 2. The summed E-state index contributed by atoms with van der Waals surface area (Å²) in [5, 5.41) is 3.10. The second-order valence-corrected chi connectivity index (χ2v) is 2.14. The van der Waals surface area contributed by atoms with E-state index >= 15 is 0 Å². The lowest BCUT2D eigenvalue weighted by molar-refractivity contribution is 1.11. The fraction of sp³-hybridized carbons (Fsp3) is 0.750. The molecule has 1 N–H and O–H groups in total. The Morgan fingerprint density at radius 3 is 2.25 bits per heavy atom. The third-order valence-corrected chi connectivity index (χ3v) is 0.948. The van der Waals surface area contributed by atoms with Crippen molar-refractivity contribution < 1.29 is 0 Å². The zero-order valence-electron chi connectivity index (χ0n) is 4.92. The summed E-state index contributed by atoms with van der Waals surface area (Å²) in [6.07, 6.45) is 0. The molecule has 0 radical (unpaired) electrons. The summed E-state index contributed by atoms with van der Waals surface area (Å²) >= 11 is 4.01. The first-order valence-electron chi connectivity index (χ1n) is 2.24. The molecule has 0 bridgehead atoms. The molecule has 0 saturated carbocycles. The molecule has 0 amide bonds. The summed E-state index contributed by atoms with van der Waals surface area (Å²) < 4.78 is 0. The summed E-state index contributed by atoms with van der Waals surface area (Å²) in [7, 11) is 1.60. The minimum atomic E-state index is -0.0301. The van der Waals surface area contributed by atoms with E-state index in [1.165, 1.54) is 0 Å². The van der Waals surface area contributed by atoms with Crippen molar-refractivity contribution in [1.29, 1.82) is 5.53 Å². The molecule has 1 atom stereocenters. The maximum atomic E-state index is 6.54. The topological polar surface area (TPSA) is 48.6 Å². The number of amidine groups is 1. The van der Waals surface area contributed by atoms with E-state index in [-0.39, 0.29) is 5.25 Å². The number of rotatable bonds is 1. The van der Waals surface area contributed by atoms with Crippen molar-refractivity contribution in [3.05, 3.63) is 0 Å². The lowest BCUT2D eigenvalue weighted by Gasteiger charge is -1.96. The number of aliphatic imine (C=N–C) groups is 1. The predicted octanol–water partition coefficient (Wildman–Crippen LogP) is 1.36. The number of nitrogens with zero attached hydrogens (tertiary/aromatic N) is 2. The van der Waals surface area contributed by atoms with Gasteiger partial charge in [0.25, 0.3) is 0 Å². The second kappa shape index (κ2) is 3.60. The summed E-state index contributed by atoms with van der Waals surface area (Å²) in [5.74, 6) is 0.466. The summed E-state index contributed by atoms with van der Waals surface area (Å²) in [6, 6.07) is 0. The van der Waals surface area contributed by atoms with Crippen LogP contribution >= 0.6 is 12.6 Å². The molecule has 4 heteroatoms. The highest BCUT2D eigenvalue weighted by Crippen LogP contribution is 1.96. The first kappa shape index (κ1) is 7.62. The van der Waals surface area contributed by atoms with E-state index in [0.29, 0.717) is 5.84 Å². The van der Waals surface area contributed by atoms with Gasteiger partial charge in [0.15, 0.2) is 5.84 Å². The van der Waals surface area contributed by atoms with Gasteiger partial charge in [0.1, 0.15) is 0 Å². The lowest BCUT2D eigenvalue weighted by atomic mass is 10.4. The highest BCUT2D eigenvalue weighted by Gasteiger charge is 1.99. The molecule has 0 aliphatic heterocycles. The highest BCUT2D eigenvalue weighted by molar-refractivity contribution is 7.81. The normalized spacial score (nSPS) is 15.6. The minimum Gasteiger partial charge on any atom is -0.271 e. The van der Waals surface area contributed by atoms with Gasteiger partial charge in [0.05, 0.1) is 5.25 Å². The molecule has 0 aromatic heterocycles. The third kappa shape index (κ3) is 2.07. The predicted molar refractivity (Wildman–Crippen MR) is 37.0 cm³/mol. The molecule has 0 saturated heterocycles. The van der Waals surface area contributed by atoms with Crippen LogP contribution in [0.5, 0.6) is 0 Å². The molecule has 0 aromatic rings. The zero-order valence-corrected chi connectivity index (χ0v) is 5.81. The summed E-state index contributed by atoms with van der Waals surface area (Å²) in [6.45, 7) is 1.82. The van der Waals surface area contributed by atoms with E-state index in [1.807, 2.05) is 6.92 Å². The molecule has 0 rings (SSSR count). The van der Waals surface area contributed by atoms with Crippen LogP contribution in [0.15, 0.2) is 10.1 Å². The van der Waals surface area contributed by atoms with Gasteiger partial charge < -0.3 is 0 Å². The molecule has 0 heterocycles. The van der Waals surface area contributed by atoms with Crippen molar-refractivity contribution in [3.8, 4) is 0 Å². The van der Waals surface area contributed by atoms with Crippen molar-refractivity contribution in [1.82, 2.24) is 0 Å². The van der Waals surface area contributed by atoms with Gasteiger partial charge in [0.2, 0.25) is 0 Å². The van der Waals surface area contributed by atoms with Crippen molar-refractivity contribution in [2.24, 2.45) is 10.1 Å². The monoisotopic (exact) mass is 131 g/mol. The largest absolute Gasteiger partial charge is 0.271 e. The smallest absolute Gasteiger partial charge is 0.157 e. The fourth-order valence-corrected chi connectivity index (χ4v) is 0.503. The van der Waals surface area contributed by atoms with Crippen LogP contribution in [0.25, 0.3) is 0 Å². The molecule has 46 valence electrons. The van der Waals surface area contributed by atoms with Crippen LogP contribution < -0.4 is 0 Å². The van der Waals surface area contributed by atoms with E-state index in [2.05, 4.69) is 22.7 Å². The van der Waals surface area contributed by atoms with E-state index in [9.17, 15) is 0 Å². The molecule has 0 aliphatic carbocycles. The van der Waals surface area contributed by atoms with Gasteiger partial charge in [-0.1, -0.05) is 0 Å². The molecule has 1 unspecified atom stereocenters. The maximum Gasteiger partial charge on any atom is 0.157 e. The molecule has 0 fully saturated rings. The molecule has 0 aliphatic rings. The zero-order chi connectivity index (χ0) is 6.57. The Hall–Kier alpha value is -0.380. The molecular formula is C4H9N3S.